The Balaban J connectivity index is 2.16. The van der Waals surface area contributed by atoms with Crippen molar-refractivity contribution in [3.63, 3.8) is 0 Å². The second-order valence-corrected chi connectivity index (χ2v) is 5.53. The van der Waals surface area contributed by atoms with Gasteiger partial charge in [-0.25, -0.2) is 0 Å². The zero-order chi connectivity index (χ0) is 14.1. The van der Waals surface area contributed by atoms with Gasteiger partial charge >= 0.3 is 5.97 Å². The number of carboxylic acid groups (broad SMARTS) is 1. The fourth-order valence-corrected chi connectivity index (χ4v) is 2.62. The molecule has 1 fully saturated rings. The van der Waals surface area contributed by atoms with Crippen molar-refractivity contribution in [1.82, 2.24) is 4.90 Å². The number of rotatable bonds is 8. The van der Waals surface area contributed by atoms with Crippen LogP contribution in [0.2, 0.25) is 0 Å². The Morgan fingerprint density at radius 1 is 1.16 bits per heavy atom. The number of nitrogens with zero attached hydrogens (tertiary/aromatic N) is 1. The molecule has 1 atom stereocenters. The van der Waals surface area contributed by atoms with E-state index in [4.69, 9.17) is 5.11 Å². The van der Waals surface area contributed by atoms with E-state index in [0.717, 1.165) is 25.8 Å². The van der Waals surface area contributed by atoms with Gasteiger partial charge in [0.25, 0.3) is 0 Å². The fourth-order valence-electron chi connectivity index (χ4n) is 2.62. The van der Waals surface area contributed by atoms with Crippen molar-refractivity contribution in [2.24, 2.45) is 5.92 Å². The largest absolute Gasteiger partial charge is 0.481 e. The molecule has 0 aliphatic carbocycles. The van der Waals surface area contributed by atoms with Crippen LogP contribution < -0.4 is 0 Å². The van der Waals surface area contributed by atoms with Gasteiger partial charge in [-0.1, -0.05) is 39.0 Å². The predicted molar refractivity (Wildman–Crippen MR) is 74.9 cm³/mol. The first-order chi connectivity index (χ1) is 9.15. The number of carbonyl (C=O) groups is 2. The zero-order valence-electron chi connectivity index (χ0n) is 12.1. The fraction of sp³-hybridized carbons (Fsp3) is 0.867. The van der Waals surface area contributed by atoms with Gasteiger partial charge in [-0.2, -0.15) is 0 Å². The first-order valence-corrected chi connectivity index (χ1v) is 7.65. The summed E-state index contributed by atoms with van der Waals surface area (Å²) in [5.74, 6) is -0.985. The van der Waals surface area contributed by atoms with Gasteiger partial charge in [0.05, 0.1) is 5.92 Å². The van der Waals surface area contributed by atoms with E-state index in [1.54, 1.807) is 4.90 Å². The predicted octanol–water partition coefficient (Wildman–Crippen LogP) is 3.06. The summed E-state index contributed by atoms with van der Waals surface area (Å²) in [4.78, 5) is 24.7. The molecule has 1 rings (SSSR count). The van der Waals surface area contributed by atoms with Crippen molar-refractivity contribution in [2.45, 2.75) is 64.7 Å². The number of amides is 1. The van der Waals surface area contributed by atoms with Gasteiger partial charge in [0, 0.05) is 19.5 Å². The van der Waals surface area contributed by atoms with Gasteiger partial charge in [0.2, 0.25) is 5.91 Å². The van der Waals surface area contributed by atoms with Crippen molar-refractivity contribution >= 4 is 11.9 Å². The SMILES string of the molecule is CCCCCCCCC(=O)N1CCC[C@@H](C(=O)O)C1. The van der Waals surface area contributed by atoms with Gasteiger partial charge in [0.15, 0.2) is 0 Å². The summed E-state index contributed by atoms with van der Waals surface area (Å²) in [5.41, 5.74) is 0. The quantitative estimate of drug-likeness (QED) is 0.689. The third kappa shape index (κ3) is 6.08. The van der Waals surface area contributed by atoms with Crippen LogP contribution in [0.15, 0.2) is 0 Å². The van der Waals surface area contributed by atoms with E-state index in [1.165, 1.54) is 25.7 Å². The highest BCUT2D eigenvalue weighted by Crippen LogP contribution is 2.18. The Morgan fingerprint density at radius 3 is 2.53 bits per heavy atom. The van der Waals surface area contributed by atoms with E-state index < -0.39 is 5.97 Å². The van der Waals surface area contributed by atoms with Crippen LogP contribution in [-0.4, -0.2) is 35.0 Å². The standard InChI is InChI=1S/C15H27NO3/c1-2-3-4-5-6-7-10-14(17)16-11-8-9-13(12-16)15(18)19/h13H,2-12H2,1H3,(H,18,19)/t13-/m1/s1. The molecule has 1 saturated heterocycles. The lowest BCUT2D eigenvalue weighted by Crippen LogP contribution is -2.42. The molecule has 0 aromatic heterocycles. The highest BCUT2D eigenvalue weighted by molar-refractivity contribution is 5.78. The summed E-state index contributed by atoms with van der Waals surface area (Å²) in [6.07, 6.45) is 9.14. The van der Waals surface area contributed by atoms with Crippen LogP contribution in [-0.2, 0) is 9.59 Å². The molecule has 1 aliphatic rings. The second-order valence-electron chi connectivity index (χ2n) is 5.53. The normalized spacial score (nSPS) is 19.4. The molecule has 0 spiro atoms. The summed E-state index contributed by atoms with van der Waals surface area (Å²) in [6, 6.07) is 0. The van der Waals surface area contributed by atoms with Crippen molar-refractivity contribution < 1.29 is 14.7 Å². The highest BCUT2D eigenvalue weighted by atomic mass is 16.4. The second kappa shape index (κ2) is 8.94. The summed E-state index contributed by atoms with van der Waals surface area (Å²) < 4.78 is 0. The number of piperidine rings is 1. The van der Waals surface area contributed by atoms with Crippen molar-refractivity contribution in [3.8, 4) is 0 Å². The maximum absolute atomic E-state index is 12.0. The number of hydrogen-bond acceptors (Lipinski definition) is 2. The Hall–Kier alpha value is -1.06. The lowest BCUT2D eigenvalue weighted by molar-refractivity contribution is -0.145. The van der Waals surface area contributed by atoms with E-state index >= 15 is 0 Å². The highest BCUT2D eigenvalue weighted by Gasteiger charge is 2.27. The van der Waals surface area contributed by atoms with E-state index in [9.17, 15) is 9.59 Å². The zero-order valence-corrected chi connectivity index (χ0v) is 12.1. The molecule has 110 valence electrons. The number of likely N-dealkylation sites (tertiary alicyclic amines) is 1. The monoisotopic (exact) mass is 269 g/mol. The maximum Gasteiger partial charge on any atom is 0.308 e. The van der Waals surface area contributed by atoms with Gasteiger partial charge < -0.3 is 10.0 Å². The van der Waals surface area contributed by atoms with Crippen LogP contribution in [0.3, 0.4) is 0 Å². The van der Waals surface area contributed by atoms with E-state index in [1.807, 2.05) is 0 Å². The first-order valence-electron chi connectivity index (χ1n) is 7.65. The van der Waals surface area contributed by atoms with Gasteiger partial charge in [-0.15, -0.1) is 0 Å². The molecule has 4 nitrogen and oxygen atoms in total. The van der Waals surface area contributed by atoms with Crippen LogP contribution >= 0.6 is 0 Å². The Labute approximate surface area is 116 Å². The summed E-state index contributed by atoms with van der Waals surface area (Å²) in [6.45, 7) is 3.33. The topological polar surface area (TPSA) is 57.6 Å². The van der Waals surface area contributed by atoms with Crippen molar-refractivity contribution in [3.05, 3.63) is 0 Å². The minimum Gasteiger partial charge on any atom is -0.481 e. The summed E-state index contributed by atoms with van der Waals surface area (Å²) in [7, 11) is 0. The number of carboxylic acids is 1. The molecule has 0 aromatic rings. The first kappa shape index (κ1) is 16.0. The number of hydrogen-bond donors (Lipinski definition) is 1. The minimum atomic E-state index is -0.767. The lowest BCUT2D eigenvalue weighted by atomic mass is 9.98. The third-order valence-corrected chi connectivity index (χ3v) is 3.87. The van der Waals surface area contributed by atoms with Crippen molar-refractivity contribution in [2.75, 3.05) is 13.1 Å². The molecule has 0 aromatic carbocycles. The van der Waals surface area contributed by atoms with E-state index in [-0.39, 0.29) is 11.8 Å². The Bertz CT molecular complexity index is 291. The van der Waals surface area contributed by atoms with Crippen molar-refractivity contribution in [1.29, 1.82) is 0 Å². The molecule has 4 heteroatoms. The summed E-state index contributed by atoms with van der Waals surface area (Å²) >= 11 is 0. The van der Waals surface area contributed by atoms with Gasteiger partial charge in [-0.05, 0) is 19.3 Å². The van der Waals surface area contributed by atoms with Crippen LogP contribution in [0.4, 0.5) is 0 Å². The molecule has 1 N–H and O–H groups in total. The smallest absolute Gasteiger partial charge is 0.308 e. The van der Waals surface area contributed by atoms with Crippen LogP contribution in [0.1, 0.15) is 64.7 Å². The molecular formula is C15H27NO3. The van der Waals surface area contributed by atoms with Crippen LogP contribution in [0.25, 0.3) is 0 Å². The molecule has 1 amide bonds. The minimum absolute atomic E-state index is 0.140. The Morgan fingerprint density at radius 2 is 1.84 bits per heavy atom. The third-order valence-electron chi connectivity index (χ3n) is 3.87. The Kier molecular flexibility index (Phi) is 7.53. The van der Waals surface area contributed by atoms with Gasteiger partial charge in [-0.3, -0.25) is 9.59 Å². The molecule has 0 unspecified atom stereocenters. The summed E-state index contributed by atoms with van der Waals surface area (Å²) in [5, 5.41) is 9.00. The average Bonchev–Trinajstić information content (AvgIpc) is 2.42. The average molecular weight is 269 g/mol. The van der Waals surface area contributed by atoms with E-state index in [0.29, 0.717) is 19.4 Å². The molecule has 0 bridgehead atoms. The molecule has 0 radical (unpaired) electrons. The number of carbonyl (C=O) groups excluding carboxylic acids is 1. The molecule has 1 heterocycles. The maximum atomic E-state index is 12.0. The molecule has 1 aliphatic heterocycles. The van der Waals surface area contributed by atoms with Crippen LogP contribution in [0, 0.1) is 5.92 Å². The molecular weight excluding hydrogens is 242 g/mol. The number of aliphatic carboxylic acids is 1. The lowest BCUT2D eigenvalue weighted by Gasteiger charge is -2.30. The molecule has 19 heavy (non-hydrogen) atoms. The van der Waals surface area contributed by atoms with Crippen LogP contribution in [0.5, 0.6) is 0 Å². The van der Waals surface area contributed by atoms with Gasteiger partial charge in [0.1, 0.15) is 0 Å². The number of unbranched alkanes of at least 4 members (excludes halogenated alkanes) is 5. The molecule has 0 saturated carbocycles. The van der Waals surface area contributed by atoms with E-state index in [2.05, 4.69) is 6.92 Å².